The molecule has 1 aromatic rings. The summed E-state index contributed by atoms with van der Waals surface area (Å²) in [6, 6.07) is 8.30. The van der Waals surface area contributed by atoms with Gasteiger partial charge in [0.1, 0.15) is 0 Å². The third-order valence-corrected chi connectivity index (χ3v) is 3.65. The van der Waals surface area contributed by atoms with Crippen LogP contribution in [0.1, 0.15) is 18.9 Å². The van der Waals surface area contributed by atoms with Crippen molar-refractivity contribution in [2.45, 2.75) is 25.9 Å². The smallest absolute Gasteiger partial charge is 0.224 e. The fourth-order valence-corrected chi connectivity index (χ4v) is 2.43. The van der Waals surface area contributed by atoms with E-state index in [0.717, 1.165) is 31.9 Å². The minimum absolute atomic E-state index is 0.0854. The van der Waals surface area contributed by atoms with Crippen molar-refractivity contribution in [1.29, 1.82) is 0 Å². The number of hydrogen-bond donors (Lipinski definition) is 1. The van der Waals surface area contributed by atoms with Crippen LogP contribution in [-0.2, 0) is 16.1 Å². The number of amides is 1. The summed E-state index contributed by atoms with van der Waals surface area (Å²) in [5.74, 6) is 0.0854. The Bertz CT molecular complexity index is 453. The highest BCUT2D eigenvalue weighted by Crippen LogP contribution is 2.17. The molecule has 1 fully saturated rings. The number of rotatable bonds is 5. The summed E-state index contributed by atoms with van der Waals surface area (Å²) in [5, 5.41) is 0. The molecular weight excluding hydrogens is 266 g/mol. The van der Waals surface area contributed by atoms with Crippen LogP contribution in [0.4, 0.5) is 5.69 Å². The average molecular weight is 291 g/mol. The molecule has 1 aliphatic rings. The van der Waals surface area contributed by atoms with Gasteiger partial charge >= 0.3 is 0 Å². The van der Waals surface area contributed by atoms with Crippen LogP contribution >= 0.6 is 0 Å². The molecule has 21 heavy (non-hydrogen) atoms. The van der Waals surface area contributed by atoms with Crippen molar-refractivity contribution in [3.63, 3.8) is 0 Å². The number of ether oxygens (including phenoxy) is 1. The van der Waals surface area contributed by atoms with Crippen LogP contribution in [-0.4, -0.2) is 50.2 Å². The number of anilines is 1. The van der Waals surface area contributed by atoms with E-state index in [1.54, 1.807) is 4.90 Å². The first kappa shape index (κ1) is 15.8. The summed E-state index contributed by atoms with van der Waals surface area (Å²) < 4.78 is 5.36. The highest BCUT2D eigenvalue weighted by Gasteiger charge is 2.13. The quantitative estimate of drug-likeness (QED) is 0.886. The van der Waals surface area contributed by atoms with Crippen LogP contribution in [0.15, 0.2) is 24.3 Å². The van der Waals surface area contributed by atoms with Gasteiger partial charge in [-0.2, -0.15) is 0 Å². The van der Waals surface area contributed by atoms with E-state index in [0.29, 0.717) is 13.0 Å². The lowest BCUT2D eigenvalue weighted by Gasteiger charge is -2.29. The first-order chi connectivity index (χ1) is 10.1. The summed E-state index contributed by atoms with van der Waals surface area (Å²) >= 11 is 0. The van der Waals surface area contributed by atoms with Gasteiger partial charge in [-0.05, 0) is 24.6 Å². The number of morpholine rings is 1. The summed E-state index contributed by atoms with van der Waals surface area (Å²) in [5.41, 5.74) is 8.01. The van der Waals surface area contributed by atoms with Gasteiger partial charge in [0.2, 0.25) is 5.91 Å². The van der Waals surface area contributed by atoms with E-state index in [2.05, 4.69) is 29.2 Å². The number of carbonyl (C=O) groups excluding carboxylic acids is 1. The number of hydrogen-bond acceptors (Lipinski definition) is 4. The van der Waals surface area contributed by atoms with Crippen molar-refractivity contribution in [3.05, 3.63) is 29.8 Å². The van der Waals surface area contributed by atoms with Crippen LogP contribution in [0, 0.1) is 0 Å². The van der Waals surface area contributed by atoms with Crippen LogP contribution in [0.5, 0.6) is 0 Å². The highest BCUT2D eigenvalue weighted by atomic mass is 16.5. The highest BCUT2D eigenvalue weighted by molar-refractivity contribution is 5.76. The minimum Gasteiger partial charge on any atom is -0.378 e. The van der Waals surface area contributed by atoms with Crippen LogP contribution in [0.3, 0.4) is 0 Å². The van der Waals surface area contributed by atoms with Crippen LogP contribution < -0.4 is 10.6 Å². The molecule has 0 spiro atoms. The van der Waals surface area contributed by atoms with Gasteiger partial charge in [0.25, 0.3) is 0 Å². The van der Waals surface area contributed by atoms with Gasteiger partial charge in [-0.1, -0.05) is 12.1 Å². The van der Waals surface area contributed by atoms with Gasteiger partial charge in [-0.25, -0.2) is 0 Å². The Morgan fingerprint density at radius 3 is 2.52 bits per heavy atom. The van der Waals surface area contributed by atoms with E-state index in [1.165, 1.54) is 5.69 Å². The fraction of sp³-hybridized carbons (Fsp3) is 0.562. The average Bonchev–Trinajstić information content (AvgIpc) is 2.48. The summed E-state index contributed by atoms with van der Waals surface area (Å²) in [7, 11) is 1.82. The molecule has 0 saturated carbocycles. The number of benzene rings is 1. The van der Waals surface area contributed by atoms with Crippen molar-refractivity contribution in [2.24, 2.45) is 5.73 Å². The van der Waals surface area contributed by atoms with Gasteiger partial charge in [0.05, 0.1) is 13.2 Å². The SMILES string of the molecule is CC(N)CC(=O)N(C)Cc1ccc(N2CCOCC2)cc1. The lowest BCUT2D eigenvalue weighted by Crippen LogP contribution is -2.36. The molecule has 5 heteroatoms. The van der Waals surface area contributed by atoms with Crippen molar-refractivity contribution >= 4 is 11.6 Å². The van der Waals surface area contributed by atoms with Gasteiger partial charge in [-0.3, -0.25) is 4.79 Å². The zero-order valence-corrected chi connectivity index (χ0v) is 12.9. The Morgan fingerprint density at radius 1 is 1.33 bits per heavy atom. The normalized spacial score (nSPS) is 16.6. The second-order valence-corrected chi connectivity index (χ2v) is 5.70. The Balaban J connectivity index is 1.91. The monoisotopic (exact) mass is 291 g/mol. The Hall–Kier alpha value is -1.59. The van der Waals surface area contributed by atoms with Gasteiger partial charge in [0, 0.05) is 44.8 Å². The van der Waals surface area contributed by atoms with Crippen molar-refractivity contribution in [3.8, 4) is 0 Å². The molecular formula is C16H25N3O2. The van der Waals surface area contributed by atoms with Crippen molar-refractivity contribution < 1.29 is 9.53 Å². The second kappa shape index (κ2) is 7.43. The third kappa shape index (κ3) is 4.72. The van der Waals surface area contributed by atoms with E-state index in [-0.39, 0.29) is 11.9 Å². The second-order valence-electron chi connectivity index (χ2n) is 5.70. The van der Waals surface area contributed by atoms with E-state index in [1.807, 2.05) is 14.0 Å². The maximum atomic E-state index is 11.9. The van der Waals surface area contributed by atoms with Gasteiger partial charge in [0.15, 0.2) is 0 Å². The number of carbonyl (C=O) groups is 1. The van der Waals surface area contributed by atoms with Crippen LogP contribution in [0.25, 0.3) is 0 Å². The molecule has 1 saturated heterocycles. The Kier molecular flexibility index (Phi) is 5.59. The lowest BCUT2D eigenvalue weighted by atomic mass is 10.1. The number of nitrogens with two attached hydrogens (primary N) is 1. The van der Waals surface area contributed by atoms with Gasteiger partial charge < -0.3 is 20.3 Å². The molecule has 0 aromatic heterocycles. The largest absolute Gasteiger partial charge is 0.378 e. The number of nitrogens with zero attached hydrogens (tertiary/aromatic N) is 2. The summed E-state index contributed by atoms with van der Waals surface area (Å²) in [4.78, 5) is 15.9. The fourth-order valence-electron chi connectivity index (χ4n) is 2.43. The summed E-state index contributed by atoms with van der Waals surface area (Å²) in [6.45, 7) is 5.92. The molecule has 2 N–H and O–H groups in total. The van der Waals surface area contributed by atoms with E-state index < -0.39 is 0 Å². The molecule has 1 aromatic carbocycles. The molecule has 0 radical (unpaired) electrons. The van der Waals surface area contributed by atoms with Gasteiger partial charge in [-0.15, -0.1) is 0 Å². The predicted octanol–water partition coefficient (Wildman–Crippen LogP) is 1.22. The first-order valence-electron chi connectivity index (χ1n) is 7.47. The zero-order valence-electron chi connectivity index (χ0n) is 12.9. The third-order valence-electron chi connectivity index (χ3n) is 3.65. The minimum atomic E-state index is -0.0938. The standard InChI is InChI=1S/C16H25N3O2/c1-13(17)11-16(20)18(2)12-14-3-5-15(6-4-14)19-7-9-21-10-8-19/h3-6,13H,7-12,17H2,1-2H3. The van der Waals surface area contributed by atoms with Crippen molar-refractivity contribution in [2.75, 3.05) is 38.3 Å². The first-order valence-corrected chi connectivity index (χ1v) is 7.47. The molecule has 0 bridgehead atoms. The molecule has 116 valence electrons. The molecule has 1 atom stereocenters. The molecule has 2 rings (SSSR count). The van der Waals surface area contributed by atoms with Crippen molar-refractivity contribution in [1.82, 2.24) is 4.90 Å². The Morgan fingerprint density at radius 2 is 1.95 bits per heavy atom. The molecule has 1 amide bonds. The van der Waals surface area contributed by atoms with E-state index in [9.17, 15) is 4.79 Å². The molecule has 5 nitrogen and oxygen atoms in total. The molecule has 0 aliphatic carbocycles. The van der Waals surface area contributed by atoms with E-state index >= 15 is 0 Å². The lowest BCUT2D eigenvalue weighted by molar-refractivity contribution is -0.130. The van der Waals surface area contributed by atoms with Crippen LogP contribution in [0.2, 0.25) is 0 Å². The molecule has 1 heterocycles. The topological polar surface area (TPSA) is 58.8 Å². The summed E-state index contributed by atoms with van der Waals surface area (Å²) in [6.07, 6.45) is 0.391. The molecule has 1 unspecified atom stereocenters. The maximum absolute atomic E-state index is 11.9. The predicted molar refractivity (Wildman–Crippen MR) is 84.2 cm³/mol. The molecule has 1 aliphatic heterocycles. The Labute approximate surface area is 126 Å². The zero-order chi connectivity index (χ0) is 15.2. The van der Waals surface area contributed by atoms with E-state index in [4.69, 9.17) is 10.5 Å². The maximum Gasteiger partial charge on any atom is 0.224 e.